The van der Waals surface area contributed by atoms with Gasteiger partial charge in [-0.1, -0.05) is 151 Å². The number of nitrogens with one attached hydrogen (secondary N) is 2. The van der Waals surface area contributed by atoms with E-state index in [4.69, 9.17) is 14.2 Å². The molecule has 0 aliphatic heterocycles. The molecule has 3 N–H and O–H groups in total. The van der Waals surface area contributed by atoms with E-state index in [9.17, 15) is 14.7 Å². The van der Waals surface area contributed by atoms with Gasteiger partial charge in [-0.2, -0.15) is 0 Å². The minimum Gasteiger partial charge on any atom is -0.485 e. The van der Waals surface area contributed by atoms with E-state index in [0.29, 0.717) is 41.2 Å². The quantitative estimate of drug-likeness (QED) is 0.0859. The summed E-state index contributed by atoms with van der Waals surface area (Å²) in [6, 6.07) is 33.2. The Balaban J connectivity index is 0.925. The fraction of sp³-hybridized carbons (Fsp3) is 0.533. The molecule has 8 nitrogen and oxygen atoms in total. The zero-order valence-electron chi connectivity index (χ0n) is 41.8. The van der Waals surface area contributed by atoms with E-state index in [0.717, 1.165) is 74.5 Å². The lowest BCUT2D eigenvalue weighted by molar-refractivity contribution is -0.203. The highest BCUT2D eigenvalue weighted by molar-refractivity contribution is 5.95. The second-order valence-electron chi connectivity index (χ2n) is 23.4. The fourth-order valence-corrected chi connectivity index (χ4v) is 14.5. The molecule has 8 heteroatoms. The van der Waals surface area contributed by atoms with Gasteiger partial charge in [-0.3, -0.25) is 9.59 Å². The summed E-state index contributed by atoms with van der Waals surface area (Å²) in [5.74, 6) is 2.31. The van der Waals surface area contributed by atoms with Gasteiger partial charge in [0.1, 0.15) is 19.8 Å². The number of carbonyl (C=O) groups is 2. The number of hydrogen-bond donors (Lipinski definition) is 3. The first kappa shape index (κ1) is 48.0. The minimum absolute atomic E-state index is 0.00933. The van der Waals surface area contributed by atoms with Crippen molar-refractivity contribution in [3.8, 4) is 17.2 Å². The molecule has 0 radical (unpaired) electrons. The molecule has 9 rings (SSSR count). The second kappa shape index (κ2) is 18.7. The predicted octanol–water partition coefficient (Wildman–Crippen LogP) is 12.4. The van der Waals surface area contributed by atoms with Crippen LogP contribution < -0.4 is 24.8 Å². The van der Waals surface area contributed by atoms with Crippen molar-refractivity contribution < 1.29 is 28.9 Å². The first-order valence-corrected chi connectivity index (χ1v) is 25.6. The molecule has 4 aromatic carbocycles. The highest BCUT2D eigenvalue weighted by atomic mass is 16.5. The number of aliphatic hydroxyl groups excluding tert-OH is 1. The van der Waals surface area contributed by atoms with Crippen molar-refractivity contribution in [2.24, 2.45) is 50.2 Å². The minimum atomic E-state index is -0.475. The van der Waals surface area contributed by atoms with Gasteiger partial charge >= 0.3 is 0 Å². The van der Waals surface area contributed by atoms with Gasteiger partial charge in [-0.15, -0.1) is 0 Å². The number of amides is 2. The van der Waals surface area contributed by atoms with Crippen LogP contribution in [0.25, 0.3) is 0 Å². The van der Waals surface area contributed by atoms with Gasteiger partial charge in [0.15, 0.2) is 11.5 Å². The topological polar surface area (TPSA) is 106 Å². The number of aliphatic hydroxyl groups is 1. The normalized spacial score (nSPS) is 31.0. The summed E-state index contributed by atoms with van der Waals surface area (Å²) in [5, 5.41) is 17.7. The second-order valence-corrected chi connectivity index (χ2v) is 23.4. The van der Waals surface area contributed by atoms with Crippen molar-refractivity contribution in [2.45, 2.75) is 139 Å². The lowest BCUT2D eigenvalue weighted by atomic mass is 9.33. The van der Waals surface area contributed by atoms with Crippen molar-refractivity contribution in [1.29, 1.82) is 0 Å². The van der Waals surface area contributed by atoms with E-state index < -0.39 is 5.41 Å². The molecule has 0 heterocycles. The van der Waals surface area contributed by atoms with Crippen LogP contribution in [-0.4, -0.2) is 36.1 Å². The Hall–Kier alpha value is -5.08. The number of ether oxygens (including phenoxy) is 3. The zero-order valence-corrected chi connectivity index (χ0v) is 41.8. The largest absolute Gasteiger partial charge is 0.485 e. The van der Waals surface area contributed by atoms with Gasteiger partial charge in [-0.25, -0.2) is 0 Å². The van der Waals surface area contributed by atoms with Crippen LogP contribution in [0.1, 0.15) is 140 Å². The van der Waals surface area contributed by atoms with Crippen LogP contribution in [0.15, 0.2) is 115 Å². The zero-order chi connectivity index (χ0) is 48.0. The average molecular weight is 921 g/mol. The number of fused-ring (bicyclic) bond motifs is 7. The third-order valence-corrected chi connectivity index (χ3v) is 18.7. The molecule has 68 heavy (non-hydrogen) atoms. The van der Waals surface area contributed by atoms with Crippen molar-refractivity contribution in [2.75, 3.05) is 13.1 Å². The van der Waals surface area contributed by atoms with Gasteiger partial charge < -0.3 is 30.0 Å². The summed E-state index contributed by atoms with van der Waals surface area (Å²) < 4.78 is 19.4. The van der Waals surface area contributed by atoms with E-state index >= 15 is 0 Å². The highest BCUT2D eigenvalue weighted by Crippen LogP contribution is 2.75. The van der Waals surface area contributed by atoms with E-state index in [-0.39, 0.29) is 77.3 Å². The molecule has 5 aliphatic rings. The molecule has 0 spiro atoms. The molecule has 8 atom stereocenters. The van der Waals surface area contributed by atoms with Gasteiger partial charge in [0.2, 0.25) is 11.7 Å². The number of benzene rings is 4. The van der Waals surface area contributed by atoms with Gasteiger partial charge in [0.05, 0.1) is 11.5 Å². The average Bonchev–Trinajstić information content (AvgIpc) is 3.33. The first-order valence-electron chi connectivity index (χ1n) is 25.6. The third-order valence-electron chi connectivity index (χ3n) is 18.7. The van der Waals surface area contributed by atoms with Gasteiger partial charge in [-0.05, 0) is 138 Å². The van der Waals surface area contributed by atoms with Crippen LogP contribution in [0.4, 0.5) is 0 Å². The molecule has 5 aliphatic carbocycles. The Morgan fingerprint density at radius 2 is 1.18 bits per heavy atom. The molecule has 4 fully saturated rings. The van der Waals surface area contributed by atoms with Crippen molar-refractivity contribution in [3.05, 3.63) is 137 Å². The van der Waals surface area contributed by atoms with Crippen molar-refractivity contribution >= 4 is 11.8 Å². The van der Waals surface area contributed by atoms with Crippen molar-refractivity contribution in [1.82, 2.24) is 10.6 Å². The summed E-state index contributed by atoms with van der Waals surface area (Å²) in [6.07, 6.45) is 12.5. The Morgan fingerprint density at radius 1 is 0.632 bits per heavy atom. The van der Waals surface area contributed by atoms with Crippen LogP contribution in [-0.2, 0) is 24.6 Å². The summed E-state index contributed by atoms with van der Waals surface area (Å²) in [7, 11) is 0. The molecule has 0 bridgehead atoms. The highest BCUT2D eigenvalue weighted by Gasteiger charge is 2.69. The van der Waals surface area contributed by atoms with E-state index in [1.54, 1.807) is 17.7 Å². The number of rotatable bonds is 14. The molecule has 0 aromatic heterocycles. The van der Waals surface area contributed by atoms with E-state index in [1.165, 1.54) is 6.42 Å². The summed E-state index contributed by atoms with van der Waals surface area (Å²) >= 11 is 0. The third kappa shape index (κ3) is 8.77. The molecule has 0 saturated heterocycles. The summed E-state index contributed by atoms with van der Waals surface area (Å²) in [5.41, 5.74) is 4.76. The summed E-state index contributed by atoms with van der Waals surface area (Å²) in [4.78, 5) is 29.0. The van der Waals surface area contributed by atoms with Crippen LogP contribution in [0, 0.1) is 50.2 Å². The van der Waals surface area contributed by atoms with E-state index in [1.807, 2.05) is 91.0 Å². The van der Waals surface area contributed by atoms with Crippen molar-refractivity contribution in [3.63, 3.8) is 0 Å². The molecule has 0 unspecified atom stereocenters. The maximum Gasteiger partial charge on any atom is 0.251 e. The smallest absolute Gasteiger partial charge is 0.251 e. The first-order chi connectivity index (χ1) is 32.5. The maximum atomic E-state index is 14.9. The SMILES string of the molecule is CC1(C)CC[C@]2(C(=O)NCCNC(=O)c3cc(OCc4ccccc4)c(OCc4ccccc4)c(OCc4ccccc4)c3)CC[C@]3(C)C(=CC[C@@H]4[C@@]5(C)CC[C@H](O)C(C)(C)[C@@H]5CC[C@]43C)[C@@H]2C1. The lowest BCUT2D eigenvalue weighted by Gasteiger charge is -2.71. The van der Waals surface area contributed by atoms with E-state index in [2.05, 4.69) is 65.2 Å². The van der Waals surface area contributed by atoms with Gasteiger partial charge in [0.25, 0.3) is 5.91 Å². The number of carbonyl (C=O) groups excluding carboxylic acids is 2. The fourth-order valence-electron chi connectivity index (χ4n) is 14.5. The molecule has 2 amide bonds. The number of allylic oxidation sites excluding steroid dienone is 2. The molecule has 4 aromatic rings. The Bertz CT molecular complexity index is 2400. The molecule has 4 saturated carbocycles. The van der Waals surface area contributed by atoms with Gasteiger partial charge in [0, 0.05) is 18.7 Å². The standard InChI is InChI=1S/C60H76N2O6/c1-55(2)29-31-60(32-30-58(6)45(46(60)37-55)23-24-50-57(5)27-26-51(63)56(3,4)49(57)25-28-59(50,58)7)54(65)62-34-33-61-53(64)44-35-47(66-38-41-17-11-8-12-18-41)52(68-40-43-21-15-10-16-22-43)48(36-44)67-39-42-19-13-9-14-20-42/h8-23,35-36,46,49-51,63H,24-34,37-40H2,1-7H3,(H,61,64)(H,62,65)/t46-,49-,50+,51-,57-,58+,59+,60-/m0/s1. The number of hydrogen-bond acceptors (Lipinski definition) is 6. The Labute approximate surface area is 406 Å². The summed E-state index contributed by atoms with van der Waals surface area (Å²) in [6.45, 7) is 18.6. The Morgan fingerprint density at radius 3 is 1.76 bits per heavy atom. The molecule has 362 valence electrons. The van der Waals surface area contributed by atoms with Crippen LogP contribution in [0.3, 0.4) is 0 Å². The lowest BCUT2D eigenvalue weighted by Crippen LogP contribution is -2.65. The van der Waals surface area contributed by atoms with Crippen LogP contribution in [0.5, 0.6) is 17.2 Å². The Kier molecular flexibility index (Phi) is 13.2. The van der Waals surface area contributed by atoms with Crippen LogP contribution >= 0.6 is 0 Å². The van der Waals surface area contributed by atoms with Crippen LogP contribution in [0.2, 0.25) is 0 Å². The maximum absolute atomic E-state index is 14.9. The molecular weight excluding hydrogens is 845 g/mol. The molecular formula is C60H76N2O6. The monoisotopic (exact) mass is 921 g/mol. The predicted molar refractivity (Wildman–Crippen MR) is 269 cm³/mol.